The molecule has 6 rings (SSSR count). The normalized spacial score (nSPS) is 15.1. The quantitative estimate of drug-likeness (QED) is 0.270. The second kappa shape index (κ2) is 11.5. The van der Waals surface area contributed by atoms with E-state index in [1.807, 2.05) is 42.1 Å². The van der Waals surface area contributed by atoms with Gasteiger partial charge in [-0.2, -0.15) is 0 Å². The van der Waals surface area contributed by atoms with Gasteiger partial charge in [-0.3, -0.25) is 14.7 Å². The van der Waals surface area contributed by atoms with E-state index in [0.29, 0.717) is 24.5 Å². The minimum atomic E-state index is -0.467. The predicted octanol–water partition coefficient (Wildman–Crippen LogP) is 5.82. The van der Waals surface area contributed by atoms with Crippen molar-refractivity contribution in [2.24, 2.45) is 0 Å². The van der Waals surface area contributed by atoms with Crippen molar-refractivity contribution in [3.8, 4) is 0 Å². The molecule has 1 aliphatic carbocycles. The Morgan fingerprint density at radius 1 is 0.950 bits per heavy atom. The van der Waals surface area contributed by atoms with Crippen LogP contribution in [0.5, 0.6) is 0 Å². The van der Waals surface area contributed by atoms with Crippen LogP contribution in [0.15, 0.2) is 77.9 Å². The smallest absolute Gasteiger partial charge is 0.253 e. The summed E-state index contributed by atoms with van der Waals surface area (Å²) in [4.78, 5) is 23.9. The van der Waals surface area contributed by atoms with Crippen LogP contribution in [0.4, 0.5) is 0 Å². The van der Waals surface area contributed by atoms with E-state index in [9.17, 15) is 4.79 Å². The monoisotopic (exact) mass is 533 g/mol. The molecule has 8 nitrogen and oxygen atoms in total. The molecule has 40 heavy (non-hydrogen) atoms. The number of benzene rings is 2. The van der Waals surface area contributed by atoms with Crippen molar-refractivity contribution in [2.75, 3.05) is 0 Å². The predicted molar refractivity (Wildman–Crippen MR) is 156 cm³/mol. The first kappa shape index (κ1) is 26.1. The molecule has 0 bridgehead atoms. The van der Waals surface area contributed by atoms with Crippen LogP contribution >= 0.6 is 0 Å². The molecule has 0 spiro atoms. The Balaban J connectivity index is 1.55. The highest BCUT2D eigenvalue weighted by Gasteiger charge is 2.33. The number of hydrogen-bond acceptors (Lipinski definition) is 6. The van der Waals surface area contributed by atoms with Crippen molar-refractivity contribution in [1.82, 2.24) is 35.1 Å². The van der Waals surface area contributed by atoms with E-state index in [-0.39, 0.29) is 11.6 Å². The van der Waals surface area contributed by atoms with Crippen LogP contribution in [-0.2, 0) is 13.1 Å². The van der Waals surface area contributed by atoms with Crippen molar-refractivity contribution in [2.45, 2.75) is 71.1 Å². The van der Waals surface area contributed by atoms with Crippen LogP contribution in [0.1, 0.15) is 77.8 Å². The highest BCUT2D eigenvalue weighted by Crippen LogP contribution is 2.35. The summed E-state index contributed by atoms with van der Waals surface area (Å²) in [5.41, 5.74) is 5.78. The van der Waals surface area contributed by atoms with E-state index in [1.165, 1.54) is 6.42 Å². The van der Waals surface area contributed by atoms with Crippen molar-refractivity contribution in [3.63, 3.8) is 0 Å². The van der Waals surface area contributed by atoms with Gasteiger partial charge in [-0.15, -0.1) is 5.10 Å². The molecule has 0 aliphatic heterocycles. The Kier molecular flexibility index (Phi) is 7.51. The molecule has 204 valence electrons. The molecule has 1 N–H and O–H groups in total. The first-order valence-electron chi connectivity index (χ1n) is 14.2. The number of fused-ring (bicyclic) bond motifs is 1. The minimum absolute atomic E-state index is 0.117. The zero-order valence-corrected chi connectivity index (χ0v) is 23.1. The molecule has 1 atom stereocenters. The van der Waals surface area contributed by atoms with Crippen molar-refractivity contribution in [3.05, 3.63) is 117 Å². The molecule has 0 amide bonds. The third kappa shape index (κ3) is 5.31. The molecule has 5 aromatic rings. The van der Waals surface area contributed by atoms with Crippen LogP contribution < -0.4 is 5.56 Å². The van der Waals surface area contributed by atoms with Gasteiger partial charge in [0.2, 0.25) is 0 Å². The fraction of sp³-hybridized carbons (Fsp3) is 0.344. The minimum Gasteiger partial charge on any atom is -0.321 e. The Hall–Kier alpha value is -4.17. The topological polar surface area (TPSA) is 92.6 Å². The van der Waals surface area contributed by atoms with Gasteiger partial charge in [0.05, 0.1) is 11.6 Å². The molecular formula is C32H35N7O. The Bertz CT molecular complexity index is 1600. The maximum absolute atomic E-state index is 14.0. The molecule has 8 heteroatoms. The van der Waals surface area contributed by atoms with Crippen LogP contribution in [-0.4, -0.2) is 35.1 Å². The number of aromatic amines is 1. The van der Waals surface area contributed by atoms with Gasteiger partial charge < -0.3 is 4.98 Å². The van der Waals surface area contributed by atoms with Gasteiger partial charge in [0.15, 0.2) is 5.82 Å². The van der Waals surface area contributed by atoms with E-state index in [0.717, 1.165) is 58.8 Å². The van der Waals surface area contributed by atoms with Crippen LogP contribution in [0, 0.1) is 13.8 Å². The second-order valence-electron chi connectivity index (χ2n) is 11.0. The van der Waals surface area contributed by atoms with Gasteiger partial charge in [0.1, 0.15) is 6.04 Å². The van der Waals surface area contributed by atoms with Gasteiger partial charge >= 0.3 is 0 Å². The third-order valence-corrected chi connectivity index (χ3v) is 8.15. The fourth-order valence-corrected chi connectivity index (χ4v) is 6.04. The molecule has 0 radical (unpaired) electrons. The molecular weight excluding hydrogens is 498 g/mol. The van der Waals surface area contributed by atoms with Gasteiger partial charge in [-0.25, -0.2) is 4.68 Å². The number of aryl methyl sites for hydroxylation is 2. The van der Waals surface area contributed by atoms with Crippen molar-refractivity contribution >= 4 is 10.9 Å². The summed E-state index contributed by atoms with van der Waals surface area (Å²) < 4.78 is 2.00. The number of aromatic nitrogens is 6. The number of tetrazole rings is 1. The average Bonchev–Trinajstić information content (AvgIpc) is 3.47. The highest BCUT2D eigenvalue weighted by molar-refractivity contribution is 5.85. The maximum atomic E-state index is 14.0. The molecule has 0 saturated heterocycles. The van der Waals surface area contributed by atoms with Crippen molar-refractivity contribution in [1.29, 1.82) is 0 Å². The lowest BCUT2D eigenvalue weighted by atomic mass is 9.94. The fourth-order valence-electron chi connectivity index (χ4n) is 6.04. The first-order valence-corrected chi connectivity index (χ1v) is 14.2. The molecule has 1 aliphatic rings. The summed E-state index contributed by atoms with van der Waals surface area (Å²) in [5, 5.41) is 14.4. The van der Waals surface area contributed by atoms with E-state index < -0.39 is 6.04 Å². The summed E-state index contributed by atoms with van der Waals surface area (Å²) in [6.45, 7) is 5.31. The number of rotatable bonds is 8. The Morgan fingerprint density at radius 2 is 1.70 bits per heavy atom. The van der Waals surface area contributed by atoms with E-state index >= 15 is 0 Å². The van der Waals surface area contributed by atoms with Gasteiger partial charge in [0.25, 0.3) is 5.56 Å². The highest BCUT2D eigenvalue weighted by atomic mass is 16.1. The van der Waals surface area contributed by atoms with E-state index in [2.05, 4.69) is 73.7 Å². The Labute approximate surface area is 234 Å². The van der Waals surface area contributed by atoms with Crippen LogP contribution in [0.2, 0.25) is 0 Å². The second-order valence-corrected chi connectivity index (χ2v) is 11.0. The first-order chi connectivity index (χ1) is 19.6. The summed E-state index contributed by atoms with van der Waals surface area (Å²) in [6.07, 6.45) is 9.31. The van der Waals surface area contributed by atoms with Crippen LogP contribution in [0.25, 0.3) is 10.9 Å². The van der Waals surface area contributed by atoms with Crippen molar-refractivity contribution < 1.29 is 0 Å². The SMILES string of the molecule is Cc1ccc(C)c2[nH]c(=O)c(C(c3nnnn3C3CCCCC3)N(Cc3ccccc3)Cc3cccnc3)cc12. The zero-order valence-electron chi connectivity index (χ0n) is 23.1. The number of H-pyrrole nitrogens is 1. The van der Waals surface area contributed by atoms with Crippen LogP contribution in [0.3, 0.4) is 0 Å². The molecule has 1 fully saturated rings. The summed E-state index contributed by atoms with van der Waals surface area (Å²) in [5.74, 6) is 0.710. The lowest BCUT2D eigenvalue weighted by Gasteiger charge is -2.33. The molecule has 3 aromatic heterocycles. The number of nitrogens with zero attached hydrogens (tertiary/aromatic N) is 6. The lowest BCUT2D eigenvalue weighted by molar-refractivity contribution is 0.186. The standard InChI is InChI=1S/C32H35N7O/c1-22-15-16-23(2)29-27(22)18-28(32(40)34-29)30(31-35-36-37-39(31)26-13-7-4-8-14-26)38(20-24-10-5-3-6-11-24)21-25-12-9-17-33-19-25/h3,5-6,9-12,15-19,26,30H,4,7-8,13-14,20-21H2,1-2H3,(H,34,40). The molecule has 3 heterocycles. The van der Waals surface area contributed by atoms with Gasteiger partial charge in [0, 0.05) is 36.4 Å². The largest absolute Gasteiger partial charge is 0.321 e. The summed E-state index contributed by atoms with van der Waals surface area (Å²) in [7, 11) is 0. The van der Waals surface area contributed by atoms with E-state index in [1.54, 1.807) is 6.20 Å². The Morgan fingerprint density at radius 3 is 2.48 bits per heavy atom. The average molecular weight is 534 g/mol. The summed E-state index contributed by atoms with van der Waals surface area (Å²) in [6, 6.07) is 20.4. The molecule has 2 aromatic carbocycles. The maximum Gasteiger partial charge on any atom is 0.253 e. The summed E-state index contributed by atoms with van der Waals surface area (Å²) >= 11 is 0. The number of pyridine rings is 2. The van der Waals surface area contributed by atoms with E-state index in [4.69, 9.17) is 0 Å². The zero-order chi connectivity index (χ0) is 27.5. The van der Waals surface area contributed by atoms with Gasteiger partial charge in [-0.1, -0.05) is 67.8 Å². The molecule has 1 unspecified atom stereocenters. The molecule has 1 saturated carbocycles. The number of nitrogens with one attached hydrogen (secondary N) is 1. The third-order valence-electron chi connectivity index (χ3n) is 8.15. The van der Waals surface area contributed by atoms with Gasteiger partial charge in [-0.05, 0) is 71.5 Å². The number of hydrogen-bond donors (Lipinski definition) is 1. The lowest BCUT2D eigenvalue weighted by Crippen LogP contribution is -2.35.